The van der Waals surface area contributed by atoms with Crippen molar-refractivity contribution >= 4 is 17.7 Å². The van der Waals surface area contributed by atoms with Gasteiger partial charge >= 0.3 is 6.09 Å². The maximum absolute atomic E-state index is 12.8. The largest absolute Gasteiger partial charge is 0.446 e. The van der Waals surface area contributed by atoms with Crippen molar-refractivity contribution < 1.29 is 15.8 Å². The Hall–Kier alpha value is -2.08. The zero-order chi connectivity index (χ0) is 20.6. The third-order valence-electron chi connectivity index (χ3n) is 7.84. The first-order valence-corrected chi connectivity index (χ1v) is 11.8. The molecule has 5 rings (SSSR count). The molecule has 2 unspecified atom stereocenters. The van der Waals surface area contributed by atoms with Gasteiger partial charge in [0.2, 0.25) is 5.91 Å². The molecule has 1 aromatic rings. The topological polar surface area (TPSA) is 70.7 Å². The van der Waals surface area contributed by atoms with Gasteiger partial charge in [-0.3, -0.25) is 4.79 Å². The van der Waals surface area contributed by atoms with E-state index in [4.69, 9.17) is 4.74 Å². The first kappa shape index (κ1) is 19.9. The Bertz CT molecular complexity index is 805. The van der Waals surface area contributed by atoms with E-state index in [2.05, 4.69) is 21.6 Å². The number of rotatable bonds is 3. The quantitative estimate of drug-likeness (QED) is 0.729. The van der Waals surface area contributed by atoms with Crippen molar-refractivity contribution in [2.45, 2.75) is 87.8 Å². The molecule has 0 radical (unpaired) electrons. The summed E-state index contributed by atoms with van der Waals surface area (Å²) < 4.78 is 5.51. The molecule has 4 aliphatic rings. The fourth-order valence-electron chi connectivity index (χ4n) is 5.78. The molecule has 2 aliphatic heterocycles. The molecule has 2 heterocycles. The van der Waals surface area contributed by atoms with Crippen LogP contribution in [0.3, 0.4) is 0 Å². The van der Waals surface area contributed by atoms with Crippen LogP contribution in [0.5, 0.6) is 0 Å². The van der Waals surface area contributed by atoms with E-state index < -0.39 is 0 Å². The van der Waals surface area contributed by atoms with E-state index in [0.29, 0.717) is 6.04 Å². The Kier molecular flexibility index (Phi) is 5.44. The summed E-state index contributed by atoms with van der Waals surface area (Å²) in [5.41, 5.74) is 1.80. The second-order valence-corrected chi connectivity index (χ2v) is 9.59. The lowest BCUT2D eigenvalue weighted by Crippen LogP contribution is -2.51. The number of hydrogen-bond acceptors (Lipinski definition) is 4. The van der Waals surface area contributed by atoms with Gasteiger partial charge in [0.25, 0.3) is 0 Å². The molecule has 164 valence electrons. The van der Waals surface area contributed by atoms with Crippen LogP contribution < -0.4 is 10.6 Å². The van der Waals surface area contributed by atoms with Crippen LogP contribution in [0, 0.1) is 0 Å². The van der Waals surface area contributed by atoms with Gasteiger partial charge in [0.05, 0.1) is 5.41 Å². The summed E-state index contributed by atoms with van der Waals surface area (Å²) in [6.45, 7) is 1.87. The maximum Gasteiger partial charge on any atom is 0.407 e. The first-order chi connectivity index (χ1) is 14.6. The van der Waals surface area contributed by atoms with Crippen molar-refractivity contribution in [2.24, 2.45) is 0 Å². The fourth-order valence-corrected chi connectivity index (χ4v) is 5.78. The minimum atomic E-state index is -0.359. The summed E-state index contributed by atoms with van der Waals surface area (Å²) in [6, 6.07) is 8.82. The number of carbonyl (C=O) groups excluding carboxylic acids is 2. The first-order valence-electron chi connectivity index (χ1n) is 11.8. The van der Waals surface area contributed by atoms with Crippen molar-refractivity contribution in [1.29, 1.82) is 0 Å². The highest BCUT2D eigenvalue weighted by molar-refractivity contribution is 6.06. The molecular formula is C24H35N3O3. The number of piperidine rings is 1. The molecule has 1 spiro atoms. The second-order valence-electron chi connectivity index (χ2n) is 9.59. The highest BCUT2D eigenvalue weighted by Gasteiger charge is 2.48. The van der Waals surface area contributed by atoms with Crippen LogP contribution in [0.4, 0.5) is 10.5 Å². The lowest BCUT2D eigenvalue weighted by molar-refractivity contribution is -0.122. The van der Waals surface area contributed by atoms with Crippen molar-refractivity contribution in [3.05, 3.63) is 29.8 Å². The molecule has 2 saturated carbocycles. The number of ether oxygens (including phenoxy) is 1. The number of benzene rings is 1. The maximum atomic E-state index is 12.8. The predicted octanol–water partition coefficient (Wildman–Crippen LogP) is 4.20. The second kappa shape index (κ2) is 8.22. The fraction of sp³-hybridized carbons (Fsp3) is 0.667. The minimum Gasteiger partial charge on any atom is -0.446 e. The van der Waals surface area contributed by atoms with Crippen LogP contribution in [0.25, 0.3) is 0 Å². The standard InChI is InChI=1S/C24H33N3O3.H2/c28-22-24(20-10-3-4-11-21(20)26-22)12-14-27(15-13-24)18-7-2-1-6-17(16-18)25-23(29)30-19-8-5-9-19;/h3-4,10-11,17-19H,1-2,5-9,12-16H2,(H,25,29)(H,26,28);1H. The highest BCUT2D eigenvalue weighted by atomic mass is 16.6. The van der Waals surface area contributed by atoms with Crippen molar-refractivity contribution in [1.82, 2.24) is 10.2 Å². The van der Waals surface area contributed by atoms with Gasteiger partial charge in [-0.25, -0.2) is 4.79 Å². The van der Waals surface area contributed by atoms with Gasteiger partial charge in [-0.15, -0.1) is 0 Å². The minimum absolute atomic E-state index is 0. The Labute approximate surface area is 180 Å². The van der Waals surface area contributed by atoms with E-state index in [1.54, 1.807) is 0 Å². The Morgan fingerprint density at radius 3 is 2.63 bits per heavy atom. The number of likely N-dealkylation sites (tertiary alicyclic amines) is 1. The number of carbonyl (C=O) groups is 2. The van der Waals surface area contributed by atoms with E-state index in [9.17, 15) is 9.59 Å². The van der Waals surface area contributed by atoms with Crippen molar-refractivity contribution in [2.75, 3.05) is 18.4 Å². The molecular weight excluding hydrogens is 378 g/mol. The highest BCUT2D eigenvalue weighted by Crippen LogP contribution is 2.45. The Morgan fingerprint density at radius 1 is 1.10 bits per heavy atom. The molecule has 1 saturated heterocycles. The molecule has 6 nitrogen and oxygen atoms in total. The number of hydrogen-bond donors (Lipinski definition) is 2. The summed E-state index contributed by atoms with van der Waals surface area (Å²) in [7, 11) is 0. The van der Waals surface area contributed by atoms with E-state index in [0.717, 1.165) is 63.7 Å². The Morgan fingerprint density at radius 2 is 1.87 bits per heavy atom. The number of para-hydroxylation sites is 1. The van der Waals surface area contributed by atoms with E-state index in [1.807, 2.05) is 18.2 Å². The third-order valence-corrected chi connectivity index (χ3v) is 7.84. The molecule has 30 heavy (non-hydrogen) atoms. The number of anilines is 1. The van der Waals surface area contributed by atoms with Crippen LogP contribution >= 0.6 is 0 Å². The zero-order valence-corrected chi connectivity index (χ0v) is 17.7. The molecule has 1 aromatic carbocycles. The van der Waals surface area contributed by atoms with Gasteiger partial charge in [-0.05, 0) is 76.1 Å². The smallest absolute Gasteiger partial charge is 0.407 e. The van der Waals surface area contributed by atoms with Gasteiger partial charge in [-0.2, -0.15) is 0 Å². The predicted molar refractivity (Wildman–Crippen MR) is 118 cm³/mol. The van der Waals surface area contributed by atoms with Crippen molar-refractivity contribution in [3.63, 3.8) is 0 Å². The van der Waals surface area contributed by atoms with E-state index in [1.165, 1.54) is 24.8 Å². The number of nitrogens with zero attached hydrogens (tertiary/aromatic N) is 1. The molecule has 6 heteroatoms. The molecule has 2 amide bonds. The number of nitrogens with one attached hydrogen (secondary N) is 2. The molecule has 2 aliphatic carbocycles. The molecule has 2 N–H and O–H groups in total. The van der Waals surface area contributed by atoms with E-state index >= 15 is 0 Å². The molecule has 0 bridgehead atoms. The van der Waals surface area contributed by atoms with Crippen LogP contribution in [0.1, 0.15) is 71.2 Å². The lowest BCUT2D eigenvalue weighted by atomic mass is 9.73. The zero-order valence-electron chi connectivity index (χ0n) is 17.7. The lowest BCUT2D eigenvalue weighted by Gasteiger charge is -2.42. The average Bonchev–Trinajstić information content (AvgIpc) is 2.86. The monoisotopic (exact) mass is 413 g/mol. The van der Waals surface area contributed by atoms with Gasteiger partial charge < -0.3 is 20.3 Å². The van der Waals surface area contributed by atoms with Gasteiger partial charge in [0.1, 0.15) is 6.10 Å². The summed E-state index contributed by atoms with van der Waals surface area (Å²) in [5.74, 6) is 0.169. The summed E-state index contributed by atoms with van der Waals surface area (Å²) in [5, 5.41) is 6.24. The number of alkyl carbamates (subject to hydrolysis) is 1. The normalized spacial score (nSPS) is 28.9. The van der Waals surface area contributed by atoms with Crippen molar-refractivity contribution in [3.8, 4) is 0 Å². The summed E-state index contributed by atoms with van der Waals surface area (Å²) in [4.78, 5) is 27.7. The van der Waals surface area contributed by atoms with Gasteiger partial charge in [0.15, 0.2) is 0 Å². The summed E-state index contributed by atoms with van der Waals surface area (Å²) >= 11 is 0. The number of amides is 2. The molecule has 3 fully saturated rings. The molecule has 2 atom stereocenters. The SMILES string of the molecule is O=C(NC1CCCCC(N2CCC3(CC2)C(=O)Nc2ccccc23)C1)OC1CCC1.[HH]. The number of fused-ring (bicyclic) bond motifs is 2. The van der Waals surface area contributed by atoms with Crippen LogP contribution in [0.2, 0.25) is 0 Å². The van der Waals surface area contributed by atoms with Gasteiger partial charge in [0, 0.05) is 19.2 Å². The molecule has 0 aromatic heterocycles. The average molecular weight is 414 g/mol. The van der Waals surface area contributed by atoms with Crippen LogP contribution in [-0.4, -0.2) is 48.2 Å². The van der Waals surface area contributed by atoms with Gasteiger partial charge in [-0.1, -0.05) is 31.0 Å². The summed E-state index contributed by atoms with van der Waals surface area (Å²) in [6.07, 6.45) is 10.4. The third kappa shape index (κ3) is 3.70. The van der Waals surface area contributed by atoms with Crippen LogP contribution in [-0.2, 0) is 14.9 Å². The van der Waals surface area contributed by atoms with E-state index in [-0.39, 0.29) is 31.0 Å². The Balaban J connectivity index is 0.00000231. The van der Waals surface area contributed by atoms with Crippen LogP contribution in [0.15, 0.2) is 24.3 Å².